The summed E-state index contributed by atoms with van der Waals surface area (Å²) in [6.45, 7) is 5.05. The molecule has 0 radical (unpaired) electrons. The molecule has 1 saturated heterocycles. The zero-order chi connectivity index (χ0) is 27.9. The van der Waals surface area contributed by atoms with Crippen molar-refractivity contribution in [3.8, 4) is 16.9 Å². The molecule has 0 bridgehead atoms. The second-order valence-electron chi connectivity index (χ2n) is 11.2. The van der Waals surface area contributed by atoms with Crippen molar-refractivity contribution in [2.24, 2.45) is 5.92 Å². The molecule has 1 saturated carbocycles. The highest BCUT2D eigenvalue weighted by atomic mass is 16.5. The Labute approximate surface area is 239 Å². The van der Waals surface area contributed by atoms with Crippen LogP contribution in [-0.4, -0.2) is 44.1 Å². The number of hydrogen-bond donors (Lipinski definition) is 1. The molecule has 7 heteroatoms. The Morgan fingerprint density at radius 1 is 0.976 bits per heavy atom. The van der Waals surface area contributed by atoms with Crippen molar-refractivity contribution in [3.05, 3.63) is 114 Å². The Bertz CT molecular complexity index is 1660. The van der Waals surface area contributed by atoms with E-state index in [-0.39, 0.29) is 30.0 Å². The molecule has 1 aliphatic carbocycles. The molecule has 41 heavy (non-hydrogen) atoms. The Kier molecular flexibility index (Phi) is 6.51. The minimum Gasteiger partial charge on any atom is -0.485 e. The summed E-state index contributed by atoms with van der Waals surface area (Å²) < 4.78 is 8.47. The van der Waals surface area contributed by atoms with E-state index in [0.717, 1.165) is 47.5 Å². The average molecular weight is 544 g/mol. The summed E-state index contributed by atoms with van der Waals surface area (Å²) in [6, 6.07) is 29.9. The van der Waals surface area contributed by atoms with Crippen LogP contribution in [0.15, 0.2) is 97.3 Å². The second-order valence-corrected chi connectivity index (χ2v) is 11.2. The Morgan fingerprint density at radius 3 is 2.34 bits per heavy atom. The number of anilines is 1. The highest BCUT2D eigenvalue weighted by Crippen LogP contribution is 2.39. The number of fused-ring (bicyclic) bond motifs is 1. The molecule has 206 valence electrons. The molecule has 2 aromatic carbocycles. The Balaban J connectivity index is 1.13. The van der Waals surface area contributed by atoms with E-state index in [0.29, 0.717) is 5.82 Å². The first-order valence-electron chi connectivity index (χ1n) is 14.3. The van der Waals surface area contributed by atoms with Crippen LogP contribution in [0.2, 0.25) is 0 Å². The summed E-state index contributed by atoms with van der Waals surface area (Å²) in [7, 11) is 0. The van der Waals surface area contributed by atoms with Gasteiger partial charge in [0.2, 0.25) is 5.91 Å². The first kappa shape index (κ1) is 25.5. The SMILES string of the molecule is Cc1cc(-c2ccn3nc(NC(=O)C4CC4)cc3c2)c(OC2CN(C(c3ccccc3)c3ccccc3)C2C)cn1. The van der Waals surface area contributed by atoms with Gasteiger partial charge in [-0.2, -0.15) is 5.10 Å². The molecule has 4 heterocycles. The summed E-state index contributed by atoms with van der Waals surface area (Å²) in [6.07, 6.45) is 5.73. The standard InChI is InChI=1S/C34H33N5O2/c1-22-17-29(27-15-16-39-28(18-27)19-32(37-39)36-34(40)26-13-14-26)30(20-35-22)41-31-21-38(23(31)2)33(24-9-5-3-6-10-24)25-11-7-4-8-12-25/h3-12,15-20,23,26,31,33H,13-14,21H2,1-2H3,(H,36,37,40). The van der Waals surface area contributed by atoms with Crippen molar-refractivity contribution >= 4 is 17.2 Å². The molecule has 2 unspecified atom stereocenters. The first-order valence-corrected chi connectivity index (χ1v) is 14.3. The number of likely N-dealkylation sites (tertiary alicyclic amines) is 1. The number of ether oxygens (including phenoxy) is 1. The normalized spacial score (nSPS) is 18.8. The van der Waals surface area contributed by atoms with Crippen LogP contribution < -0.4 is 10.1 Å². The van der Waals surface area contributed by atoms with Crippen molar-refractivity contribution in [1.29, 1.82) is 0 Å². The van der Waals surface area contributed by atoms with Gasteiger partial charge in [-0.05, 0) is 61.6 Å². The van der Waals surface area contributed by atoms with E-state index in [4.69, 9.17) is 4.74 Å². The molecule has 3 aromatic heterocycles. The number of aromatic nitrogens is 3. The maximum absolute atomic E-state index is 12.2. The predicted molar refractivity (Wildman–Crippen MR) is 160 cm³/mol. The third-order valence-electron chi connectivity index (χ3n) is 8.27. The lowest BCUT2D eigenvalue weighted by molar-refractivity contribution is -0.117. The Hall–Kier alpha value is -4.49. The van der Waals surface area contributed by atoms with Gasteiger partial charge >= 0.3 is 0 Å². The molecular formula is C34H33N5O2. The van der Waals surface area contributed by atoms with Gasteiger partial charge in [-0.3, -0.25) is 14.7 Å². The maximum Gasteiger partial charge on any atom is 0.228 e. The van der Waals surface area contributed by atoms with Gasteiger partial charge < -0.3 is 10.1 Å². The monoisotopic (exact) mass is 543 g/mol. The van der Waals surface area contributed by atoms with E-state index in [1.165, 1.54) is 11.1 Å². The fourth-order valence-electron chi connectivity index (χ4n) is 5.75. The topological polar surface area (TPSA) is 71.8 Å². The van der Waals surface area contributed by atoms with Crippen molar-refractivity contribution in [1.82, 2.24) is 19.5 Å². The van der Waals surface area contributed by atoms with Crippen molar-refractivity contribution < 1.29 is 9.53 Å². The van der Waals surface area contributed by atoms with Gasteiger partial charge in [0.05, 0.1) is 17.8 Å². The summed E-state index contributed by atoms with van der Waals surface area (Å²) >= 11 is 0. The van der Waals surface area contributed by atoms with Crippen molar-refractivity contribution in [2.75, 3.05) is 11.9 Å². The van der Waals surface area contributed by atoms with Crippen LogP contribution in [0.3, 0.4) is 0 Å². The molecule has 1 N–H and O–H groups in total. The van der Waals surface area contributed by atoms with Gasteiger partial charge in [0.25, 0.3) is 0 Å². The number of rotatable bonds is 8. The third kappa shape index (κ3) is 5.09. The van der Waals surface area contributed by atoms with Crippen LogP contribution >= 0.6 is 0 Å². The number of hydrogen-bond acceptors (Lipinski definition) is 5. The van der Waals surface area contributed by atoms with Crippen LogP contribution in [0.5, 0.6) is 5.75 Å². The number of amides is 1. The fourth-order valence-corrected chi connectivity index (χ4v) is 5.75. The predicted octanol–water partition coefficient (Wildman–Crippen LogP) is 6.29. The van der Waals surface area contributed by atoms with Gasteiger partial charge in [-0.15, -0.1) is 0 Å². The van der Waals surface area contributed by atoms with Gasteiger partial charge in [0, 0.05) is 42.0 Å². The quantitative estimate of drug-likeness (QED) is 0.249. The Morgan fingerprint density at radius 2 is 1.68 bits per heavy atom. The lowest BCUT2D eigenvalue weighted by atomic mass is 9.89. The van der Waals surface area contributed by atoms with Crippen LogP contribution in [0, 0.1) is 12.8 Å². The van der Waals surface area contributed by atoms with E-state index < -0.39 is 0 Å². The van der Waals surface area contributed by atoms with E-state index in [1.54, 1.807) is 4.52 Å². The summed E-state index contributed by atoms with van der Waals surface area (Å²) in [5.74, 6) is 1.54. The largest absolute Gasteiger partial charge is 0.485 e. The molecule has 1 aliphatic heterocycles. The van der Waals surface area contributed by atoms with E-state index in [9.17, 15) is 4.79 Å². The van der Waals surface area contributed by atoms with E-state index in [2.05, 4.69) is 100 Å². The molecule has 5 aromatic rings. The maximum atomic E-state index is 12.2. The van der Waals surface area contributed by atoms with Gasteiger partial charge in [-0.25, -0.2) is 4.52 Å². The summed E-state index contributed by atoms with van der Waals surface area (Å²) in [5.41, 5.74) is 6.42. The molecule has 2 aliphatic rings. The lowest BCUT2D eigenvalue weighted by Gasteiger charge is -2.50. The smallest absolute Gasteiger partial charge is 0.228 e. The number of aryl methyl sites for hydroxylation is 1. The number of nitrogens with one attached hydrogen (secondary N) is 1. The molecular weight excluding hydrogens is 510 g/mol. The lowest BCUT2D eigenvalue weighted by Crippen LogP contribution is -2.62. The van der Waals surface area contributed by atoms with Gasteiger partial charge in [0.15, 0.2) is 5.82 Å². The second kappa shape index (κ2) is 10.5. The van der Waals surface area contributed by atoms with Crippen molar-refractivity contribution in [3.63, 3.8) is 0 Å². The zero-order valence-electron chi connectivity index (χ0n) is 23.3. The average Bonchev–Trinajstić information content (AvgIpc) is 3.78. The van der Waals surface area contributed by atoms with E-state index >= 15 is 0 Å². The molecule has 7 nitrogen and oxygen atoms in total. The molecule has 0 spiro atoms. The molecule has 2 fully saturated rings. The minimum atomic E-state index is 0.0381. The molecule has 1 amide bonds. The van der Waals surface area contributed by atoms with Gasteiger partial charge in [0.1, 0.15) is 11.9 Å². The van der Waals surface area contributed by atoms with Crippen LogP contribution in [0.4, 0.5) is 5.82 Å². The molecule has 7 rings (SSSR count). The highest BCUT2D eigenvalue weighted by molar-refractivity contribution is 5.93. The van der Waals surface area contributed by atoms with E-state index in [1.807, 2.05) is 31.5 Å². The minimum absolute atomic E-state index is 0.0381. The third-order valence-corrected chi connectivity index (χ3v) is 8.27. The number of pyridine rings is 2. The first-order chi connectivity index (χ1) is 20.0. The number of nitrogens with zero attached hydrogens (tertiary/aromatic N) is 4. The van der Waals surface area contributed by atoms with Crippen LogP contribution in [0.25, 0.3) is 16.6 Å². The fraction of sp³-hybridized carbons (Fsp3) is 0.265. The van der Waals surface area contributed by atoms with Gasteiger partial charge in [-0.1, -0.05) is 60.7 Å². The summed E-state index contributed by atoms with van der Waals surface area (Å²) in [4.78, 5) is 19.3. The number of benzene rings is 2. The highest BCUT2D eigenvalue weighted by Gasteiger charge is 2.42. The van der Waals surface area contributed by atoms with Crippen LogP contribution in [-0.2, 0) is 4.79 Å². The summed E-state index contributed by atoms with van der Waals surface area (Å²) in [5, 5.41) is 7.47. The van der Waals surface area contributed by atoms with Crippen molar-refractivity contribution in [2.45, 2.75) is 44.9 Å². The number of carbonyl (C=O) groups excluding carboxylic acids is 1. The zero-order valence-corrected chi connectivity index (χ0v) is 23.3. The van der Waals surface area contributed by atoms with Crippen LogP contribution in [0.1, 0.15) is 42.6 Å². The molecule has 2 atom stereocenters. The number of carbonyl (C=O) groups is 1.